The van der Waals surface area contributed by atoms with Gasteiger partial charge in [0.1, 0.15) is 5.75 Å². The molecule has 1 aromatic rings. The smallest absolute Gasteiger partial charge is 0.406 e. The molecule has 0 aliphatic heterocycles. The average Bonchev–Trinajstić information content (AvgIpc) is 2.92. The molecule has 3 N–H and O–H groups in total. The molecule has 1 aliphatic carbocycles. The van der Waals surface area contributed by atoms with Crippen LogP contribution in [0.5, 0.6) is 5.75 Å². The van der Waals surface area contributed by atoms with Crippen LogP contribution in [0.15, 0.2) is 40.9 Å². The van der Waals surface area contributed by atoms with E-state index in [-0.39, 0.29) is 11.7 Å². The molecule has 0 fully saturated rings. The van der Waals surface area contributed by atoms with Crippen LogP contribution in [-0.4, -0.2) is 18.9 Å². The molecule has 0 amide bonds. The third-order valence-corrected chi connectivity index (χ3v) is 3.21. The average molecular weight is 313 g/mol. The largest absolute Gasteiger partial charge is 0.573 e. The first-order valence-corrected chi connectivity index (χ1v) is 7.03. The summed E-state index contributed by atoms with van der Waals surface area (Å²) in [5.74, 6) is -0.0372. The Bertz CT molecular complexity index is 550. The summed E-state index contributed by atoms with van der Waals surface area (Å²) in [6, 6.07) is 5.32. The molecule has 0 atom stereocenters. The van der Waals surface area contributed by atoms with Crippen LogP contribution in [0.4, 0.5) is 18.9 Å². The van der Waals surface area contributed by atoms with E-state index in [2.05, 4.69) is 21.1 Å². The number of halogens is 3. The second-order valence-corrected chi connectivity index (χ2v) is 4.97. The summed E-state index contributed by atoms with van der Waals surface area (Å²) in [7, 11) is 0. The zero-order chi connectivity index (χ0) is 16.0. The number of benzene rings is 1. The fourth-order valence-electron chi connectivity index (χ4n) is 2.21. The van der Waals surface area contributed by atoms with E-state index in [4.69, 9.17) is 5.73 Å². The lowest BCUT2D eigenvalue weighted by molar-refractivity contribution is -0.274. The Kier molecular flexibility index (Phi) is 5.30. The quantitative estimate of drug-likeness (QED) is 0.494. The molecule has 7 heteroatoms. The van der Waals surface area contributed by atoms with Crippen molar-refractivity contribution in [3.05, 3.63) is 35.9 Å². The van der Waals surface area contributed by atoms with Gasteiger partial charge in [0.15, 0.2) is 5.96 Å². The first-order valence-electron chi connectivity index (χ1n) is 7.03. The van der Waals surface area contributed by atoms with Crippen LogP contribution >= 0.6 is 0 Å². The molecule has 1 aliphatic rings. The van der Waals surface area contributed by atoms with Crippen LogP contribution in [-0.2, 0) is 0 Å². The van der Waals surface area contributed by atoms with E-state index >= 15 is 0 Å². The number of rotatable bonds is 5. The number of ether oxygens (including phenoxy) is 1. The van der Waals surface area contributed by atoms with Crippen molar-refractivity contribution in [2.45, 2.75) is 32.0 Å². The first kappa shape index (κ1) is 16.2. The standard InChI is InChI=1S/C15H18F3N3O/c16-15(17,18)22-13-7-5-12(6-8-13)21-14(19)20-10-9-11-3-1-2-4-11/h3,5-8H,1-2,4,9-10H2,(H3,19,20,21). The lowest BCUT2D eigenvalue weighted by Crippen LogP contribution is -2.23. The number of hydrogen-bond acceptors (Lipinski definition) is 2. The lowest BCUT2D eigenvalue weighted by Gasteiger charge is -2.10. The predicted molar refractivity (Wildman–Crippen MR) is 79.8 cm³/mol. The van der Waals surface area contributed by atoms with Crippen LogP contribution in [0.1, 0.15) is 25.7 Å². The van der Waals surface area contributed by atoms with Gasteiger partial charge in [-0.15, -0.1) is 13.2 Å². The maximum absolute atomic E-state index is 12.0. The van der Waals surface area contributed by atoms with E-state index in [1.54, 1.807) is 0 Å². The molecule has 2 rings (SSSR count). The highest BCUT2D eigenvalue weighted by Crippen LogP contribution is 2.24. The molecule has 0 spiro atoms. The SMILES string of the molecule is NC(=NCCC1=CCCC1)Nc1ccc(OC(F)(F)F)cc1. The van der Waals surface area contributed by atoms with Gasteiger partial charge in [-0.25, -0.2) is 0 Å². The van der Waals surface area contributed by atoms with Crippen LogP contribution in [0, 0.1) is 0 Å². The summed E-state index contributed by atoms with van der Waals surface area (Å²) >= 11 is 0. The Morgan fingerprint density at radius 1 is 1.27 bits per heavy atom. The van der Waals surface area contributed by atoms with Gasteiger partial charge in [-0.3, -0.25) is 4.99 Å². The first-order chi connectivity index (χ1) is 10.4. The topological polar surface area (TPSA) is 59.6 Å². The zero-order valence-electron chi connectivity index (χ0n) is 12.0. The molecule has 0 unspecified atom stereocenters. The van der Waals surface area contributed by atoms with Gasteiger partial charge < -0.3 is 15.8 Å². The van der Waals surface area contributed by atoms with Crippen molar-refractivity contribution in [1.82, 2.24) is 0 Å². The van der Waals surface area contributed by atoms with E-state index in [9.17, 15) is 13.2 Å². The number of nitrogens with zero attached hydrogens (tertiary/aromatic N) is 1. The Labute approximate surface area is 126 Å². The van der Waals surface area contributed by atoms with Crippen molar-refractivity contribution in [1.29, 1.82) is 0 Å². The van der Waals surface area contributed by atoms with Crippen molar-refractivity contribution < 1.29 is 17.9 Å². The summed E-state index contributed by atoms with van der Waals surface area (Å²) in [5, 5.41) is 2.83. The molecular formula is C15H18F3N3O. The number of nitrogens with one attached hydrogen (secondary N) is 1. The van der Waals surface area contributed by atoms with E-state index in [0.717, 1.165) is 19.3 Å². The monoisotopic (exact) mass is 313 g/mol. The second-order valence-electron chi connectivity index (χ2n) is 4.97. The number of aliphatic imine (C=N–C) groups is 1. The predicted octanol–water partition coefficient (Wildman–Crippen LogP) is 3.81. The van der Waals surface area contributed by atoms with Gasteiger partial charge in [0, 0.05) is 12.2 Å². The molecule has 1 aromatic carbocycles. The van der Waals surface area contributed by atoms with Crippen molar-refractivity contribution >= 4 is 11.6 Å². The number of nitrogens with two attached hydrogens (primary N) is 1. The molecule has 22 heavy (non-hydrogen) atoms. The fraction of sp³-hybridized carbons (Fsp3) is 0.400. The molecule has 0 radical (unpaired) electrons. The minimum atomic E-state index is -4.69. The summed E-state index contributed by atoms with van der Waals surface area (Å²) in [5.41, 5.74) is 7.70. The van der Waals surface area contributed by atoms with Gasteiger partial charge in [0.25, 0.3) is 0 Å². The van der Waals surface area contributed by atoms with Crippen molar-refractivity contribution in [2.24, 2.45) is 10.7 Å². The van der Waals surface area contributed by atoms with Gasteiger partial charge in [0.2, 0.25) is 0 Å². The van der Waals surface area contributed by atoms with Gasteiger partial charge in [0.05, 0.1) is 0 Å². The normalized spacial score (nSPS) is 15.6. The lowest BCUT2D eigenvalue weighted by atomic mass is 10.2. The van der Waals surface area contributed by atoms with Crippen molar-refractivity contribution in [3.63, 3.8) is 0 Å². The fourth-order valence-corrected chi connectivity index (χ4v) is 2.21. The number of anilines is 1. The molecule has 0 aromatic heterocycles. The van der Waals surface area contributed by atoms with Crippen LogP contribution in [0.25, 0.3) is 0 Å². The van der Waals surface area contributed by atoms with E-state index in [0.29, 0.717) is 12.2 Å². The Hall–Kier alpha value is -2.18. The van der Waals surface area contributed by atoms with E-state index < -0.39 is 6.36 Å². The van der Waals surface area contributed by atoms with Gasteiger partial charge in [-0.05, 0) is 49.9 Å². The summed E-state index contributed by atoms with van der Waals surface area (Å²) in [6.07, 6.45) is 1.91. The Morgan fingerprint density at radius 3 is 2.59 bits per heavy atom. The van der Waals surface area contributed by atoms with Gasteiger partial charge in [-0.2, -0.15) is 0 Å². The van der Waals surface area contributed by atoms with Gasteiger partial charge in [-0.1, -0.05) is 11.6 Å². The Balaban J connectivity index is 1.81. The second kappa shape index (κ2) is 7.20. The van der Waals surface area contributed by atoms with Crippen LogP contribution in [0.3, 0.4) is 0 Å². The number of alkyl halides is 3. The molecule has 4 nitrogen and oxygen atoms in total. The molecule has 0 saturated heterocycles. The summed E-state index contributed by atoms with van der Waals surface area (Å²) in [6.45, 7) is 0.597. The summed E-state index contributed by atoms with van der Waals surface area (Å²) in [4.78, 5) is 4.20. The zero-order valence-corrected chi connectivity index (χ0v) is 12.0. The molecule has 0 saturated carbocycles. The van der Waals surface area contributed by atoms with Crippen LogP contribution in [0.2, 0.25) is 0 Å². The van der Waals surface area contributed by atoms with E-state index in [1.165, 1.54) is 36.3 Å². The van der Waals surface area contributed by atoms with Crippen molar-refractivity contribution in [2.75, 3.05) is 11.9 Å². The highest BCUT2D eigenvalue weighted by molar-refractivity contribution is 5.92. The molecule has 0 bridgehead atoms. The number of allylic oxidation sites excluding steroid dienone is 1. The van der Waals surface area contributed by atoms with E-state index in [1.807, 2.05) is 0 Å². The Morgan fingerprint density at radius 2 is 2.00 bits per heavy atom. The minimum absolute atomic E-state index is 0.239. The number of guanidine groups is 1. The summed E-state index contributed by atoms with van der Waals surface area (Å²) < 4.78 is 39.9. The minimum Gasteiger partial charge on any atom is -0.406 e. The number of hydrogen-bond donors (Lipinski definition) is 2. The van der Waals surface area contributed by atoms with Crippen LogP contribution < -0.4 is 15.8 Å². The third kappa shape index (κ3) is 5.67. The maximum atomic E-state index is 12.0. The molecular weight excluding hydrogens is 295 g/mol. The third-order valence-electron chi connectivity index (χ3n) is 3.21. The molecule has 120 valence electrons. The maximum Gasteiger partial charge on any atom is 0.573 e. The highest BCUT2D eigenvalue weighted by atomic mass is 19.4. The highest BCUT2D eigenvalue weighted by Gasteiger charge is 2.30. The molecule has 0 heterocycles. The van der Waals surface area contributed by atoms with Gasteiger partial charge >= 0.3 is 6.36 Å². The van der Waals surface area contributed by atoms with Crippen molar-refractivity contribution in [3.8, 4) is 5.75 Å².